The molecule has 98 valence electrons. The van der Waals surface area contributed by atoms with Crippen molar-refractivity contribution in [2.24, 2.45) is 5.73 Å². The van der Waals surface area contributed by atoms with E-state index in [1.165, 1.54) is 11.1 Å². The molecular weight excluding hydrogens is 254 g/mol. The molecule has 2 aromatic rings. The Morgan fingerprint density at radius 1 is 1.05 bits per heavy atom. The van der Waals surface area contributed by atoms with E-state index in [2.05, 4.69) is 42.5 Å². The highest BCUT2D eigenvalue weighted by molar-refractivity contribution is 6.30. The van der Waals surface area contributed by atoms with Gasteiger partial charge in [0.05, 0.1) is 0 Å². The van der Waals surface area contributed by atoms with Gasteiger partial charge in [-0.1, -0.05) is 54.1 Å². The molecule has 0 heterocycles. The summed E-state index contributed by atoms with van der Waals surface area (Å²) in [7, 11) is 0. The van der Waals surface area contributed by atoms with Gasteiger partial charge >= 0.3 is 0 Å². The summed E-state index contributed by atoms with van der Waals surface area (Å²) in [5, 5.41) is 0.800. The minimum atomic E-state index is 0.116. The first-order valence-electron chi connectivity index (χ1n) is 6.75. The maximum absolute atomic E-state index is 6.10. The first-order chi connectivity index (χ1) is 9.23. The number of hydrogen-bond acceptors (Lipinski definition) is 1. The Kier molecular flexibility index (Phi) is 3.34. The second-order valence-corrected chi connectivity index (χ2v) is 5.95. The van der Waals surface area contributed by atoms with Crippen LogP contribution in [-0.4, -0.2) is 6.54 Å². The largest absolute Gasteiger partial charge is 0.330 e. The SMILES string of the molecule is NCC1(c2cccc(Cl)c2)CC(c2ccccc2)C1. The fourth-order valence-electron chi connectivity index (χ4n) is 3.18. The lowest BCUT2D eigenvalue weighted by atomic mass is 9.57. The van der Waals surface area contributed by atoms with Crippen LogP contribution in [0.25, 0.3) is 0 Å². The highest BCUT2D eigenvalue weighted by atomic mass is 35.5. The molecule has 2 aromatic carbocycles. The highest BCUT2D eigenvalue weighted by Crippen LogP contribution is 2.52. The standard InChI is InChI=1S/C17H18ClN/c18-16-8-4-7-15(9-16)17(12-19)10-14(11-17)13-5-2-1-3-6-13/h1-9,14H,10-12,19H2. The van der Waals surface area contributed by atoms with Crippen LogP contribution in [0, 0.1) is 0 Å². The van der Waals surface area contributed by atoms with E-state index in [4.69, 9.17) is 17.3 Å². The molecule has 2 heteroatoms. The van der Waals surface area contributed by atoms with E-state index in [0.717, 1.165) is 17.9 Å². The van der Waals surface area contributed by atoms with Crippen LogP contribution in [0.4, 0.5) is 0 Å². The molecule has 0 bridgehead atoms. The lowest BCUT2D eigenvalue weighted by molar-refractivity contribution is 0.209. The third kappa shape index (κ3) is 2.29. The molecular formula is C17H18ClN. The molecule has 0 saturated heterocycles. The fraction of sp³-hybridized carbons (Fsp3) is 0.294. The minimum absolute atomic E-state index is 0.116. The number of benzene rings is 2. The van der Waals surface area contributed by atoms with Gasteiger partial charge < -0.3 is 5.73 Å². The third-order valence-electron chi connectivity index (χ3n) is 4.37. The van der Waals surface area contributed by atoms with E-state index < -0.39 is 0 Å². The van der Waals surface area contributed by atoms with E-state index in [-0.39, 0.29) is 5.41 Å². The van der Waals surface area contributed by atoms with Gasteiger partial charge in [0.25, 0.3) is 0 Å². The Morgan fingerprint density at radius 3 is 2.42 bits per heavy atom. The van der Waals surface area contributed by atoms with Gasteiger partial charge in [0.15, 0.2) is 0 Å². The van der Waals surface area contributed by atoms with Crippen molar-refractivity contribution in [1.82, 2.24) is 0 Å². The van der Waals surface area contributed by atoms with Gasteiger partial charge in [-0.15, -0.1) is 0 Å². The second kappa shape index (κ2) is 4.99. The average molecular weight is 272 g/mol. The molecule has 1 saturated carbocycles. The third-order valence-corrected chi connectivity index (χ3v) is 4.61. The van der Waals surface area contributed by atoms with Crippen molar-refractivity contribution < 1.29 is 0 Å². The molecule has 0 spiro atoms. The van der Waals surface area contributed by atoms with Crippen LogP contribution < -0.4 is 5.73 Å². The summed E-state index contributed by atoms with van der Waals surface area (Å²) in [4.78, 5) is 0. The molecule has 1 aliphatic rings. The van der Waals surface area contributed by atoms with Gasteiger partial charge in [0.1, 0.15) is 0 Å². The van der Waals surface area contributed by atoms with Crippen molar-refractivity contribution in [2.75, 3.05) is 6.54 Å². The smallest absolute Gasteiger partial charge is 0.0408 e. The molecule has 1 fully saturated rings. The molecule has 0 aliphatic heterocycles. The first-order valence-corrected chi connectivity index (χ1v) is 7.12. The van der Waals surface area contributed by atoms with Gasteiger partial charge in [-0.25, -0.2) is 0 Å². The molecule has 1 aliphatic carbocycles. The second-order valence-electron chi connectivity index (χ2n) is 5.51. The molecule has 0 radical (unpaired) electrons. The Balaban J connectivity index is 1.82. The zero-order valence-electron chi connectivity index (χ0n) is 10.9. The molecule has 0 amide bonds. The minimum Gasteiger partial charge on any atom is -0.330 e. The Hall–Kier alpha value is -1.31. The first kappa shape index (κ1) is 12.7. The van der Waals surface area contributed by atoms with Crippen LogP contribution in [0.1, 0.15) is 29.9 Å². The predicted octanol–water partition coefficient (Wildman–Crippen LogP) is 4.11. The molecule has 1 nitrogen and oxygen atoms in total. The van der Waals surface area contributed by atoms with Gasteiger partial charge in [-0.2, -0.15) is 0 Å². The molecule has 3 rings (SSSR count). The molecule has 0 aromatic heterocycles. The summed E-state index contributed by atoms with van der Waals surface area (Å²) in [6.45, 7) is 0.691. The number of halogens is 1. The predicted molar refractivity (Wildman–Crippen MR) is 80.6 cm³/mol. The Bertz CT molecular complexity index is 558. The Morgan fingerprint density at radius 2 is 1.79 bits per heavy atom. The molecule has 19 heavy (non-hydrogen) atoms. The normalized spacial score (nSPS) is 25.9. The van der Waals surface area contributed by atoms with Gasteiger partial charge in [0, 0.05) is 17.0 Å². The van der Waals surface area contributed by atoms with Crippen molar-refractivity contribution in [3.8, 4) is 0 Å². The van der Waals surface area contributed by atoms with Crippen molar-refractivity contribution in [2.45, 2.75) is 24.2 Å². The van der Waals surface area contributed by atoms with E-state index in [1.807, 2.05) is 12.1 Å². The zero-order chi connectivity index (χ0) is 13.3. The quantitative estimate of drug-likeness (QED) is 0.893. The van der Waals surface area contributed by atoms with Crippen LogP contribution in [-0.2, 0) is 5.41 Å². The molecule has 0 unspecified atom stereocenters. The topological polar surface area (TPSA) is 26.0 Å². The summed E-state index contributed by atoms with van der Waals surface area (Å²) >= 11 is 6.10. The maximum Gasteiger partial charge on any atom is 0.0408 e. The zero-order valence-corrected chi connectivity index (χ0v) is 11.6. The average Bonchev–Trinajstić information content (AvgIpc) is 2.40. The van der Waals surface area contributed by atoms with E-state index in [0.29, 0.717) is 12.5 Å². The van der Waals surface area contributed by atoms with Gasteiger partial charge in [0.2, 0.25) is 0 Å². The van der Waals surface area contributed by atoms with Gasteiger partial charge in [-0.3, -0.25) is 0 Å². The van der Waals surface area contributed by atoms with Crippen molar-refractivity contribution in [3.05, 3.63) is 70.7 Å². The number of nitrogens with two attached hydrogens (primary N) is 1. The van der Waals surface area contributed by atoms with Crippen molar-refractivity contribution in [1.29, 1.82) is 0 Å². The van der Waals surface area contributed by atoms with Crippen LogP contribution >= 0.6 is 11.6 Å². The molecule has 2 N–H and O–H groups in total. The van der Waals surface area contributed by atoms with Crippen LogP contribution in [0.2, 0.25) is 5.02 Å². The molecule has 0 atom stereocenters. The summed E-state index contributed by atoms with van der Waals surface area (Å²) in [6, 6.07) is 18.9. The summed E-state index contributed by atoms with van der Waals surface area (Å²) in [5.74, 6) is 0.628. The van der Waals surface area contributed by atoms with Crippen LogP contribution in [0.15, 0.2) is 54.6 Å². The number of hydrogen-bond donors (Lipinski definition) is 1. The Labute approximate surface area is 119 Å². The van der Waals surface area contributed by atoms with Crippen LogP contribution in [0.5, 0.6) is 0 Å². The van der Waals surface area contributed by atoms with E-state index >= 15 is 0 Å². The lowest BCUT2D eigenvalue weighted by Gasteiger charge is -2.48. The monoisotopic (exact) mass is 271 g/mol. The number of rotatable bonds is 3. The highest BCUT2D eigenvalue weighted by Gasteiger charge is 2.44. The van der Waals surface area contributed by atoms with Crippen molar-refractivity contribution >= 4 is 11.6 Å². The summed E-state index contributed by atoms with van der Waals surface area (Å²) < 4.78 is 0. The summed E-state index contributed by atoms with van der Waals surface area (Å²) in [5.41, 5.74) is 8.88. The van der Waals surface area contributed by atoms with Crippen LogP contribution in [0.3, 0.4) is 0 Å². The van der Waals surface area contributed by atoms with Crippen molar-refractivity contribution in [3.63, 3.8) is 0 Å². The lowest BCUT2D eigenvalue weighted by Crippen LogP contribution is -2.46. The van der Waals surface area contributed by atoms with Gasteiger partial charge in [-0.05, 0) is 42.0 Å². The summed E-state index contributed by atoms with van der Waals surface area (Å²) in [6.07, 6.45) is 2.24. The fourth-order valence-corrected chi connectivity index (χ4v) is 3.37. The van der Waals surface area contributed by atoms with E-state index in [1.54, 1.807) is 0 Å². The maximum atomic E-state index is 6.10. The van der Waals surface area contributed by atoms with E-state index in [9.17, 15) is 0 Å².